The lowest BCUT2D eigenvalue weighted by atomic mass is 10.2. The average molecular weight is 257 g/mol. The molecule has 0 aliphatic carbocycles. The number of aromatic nitrogens is 6. The largest absolute Gasteiger partial charge is 0.308 e. The molecule has 7 heteroatoms. The van der Waals surface area contributed by atoms with Crippen LogP contribution in [0.15, 0.2) is 55.4 Å². The molecule has 0 radical (unpaired) electrons. The van der Waals surface area contributed by atoms with Crippen molar-refractivity contribution in [3.05, 3.63) is 55.4 Å². The Balaban J connectivity index is 1.88. The van der Waals surface area contributed by atoms with E-state index in [0.717, 1.165) is 0 Å². The van der Waals surface area contributed by atoms with Crippen LogP contribution >= 0.6 is 0 Å². The van der Waals surface area contributed by atoms with E-state index in [2.05, 4.69) is 15.3 Å². The van der Waals surface area contributed by atoms with E-state index in [1.54, 1.807) is 23.3 Å². The minimum atomic E-state index is -0.306. The van der Waals surface area contributed by atoms with Gasteiger partial charge in [0.1, 0.15) is 12.2 Å². The third-order valence-corrected chi connectivity index (χ3v) is 3.02. The second-order valence-electron chi connectivity index (χ2n) is 4.26. The molecule has 0 aromatic carbocycles. The Morgan fingerprint density at radius 1 is 0.842 bits per heavy atom. The van der Waals surface area contributed by atoms with Gasteiger partial charge in [0.05, 0.1) is 6.54 Å². The molecular weight excluding hydrogens is 242 g/mol. The van der Waals surface area contributed by atoms with E-state index >= 15 is 0 Å². The molecule has 3 rings (SSSR count). The van der Waals surface area contributed by atoms with E-state index in [4.69, 9.17) is 5.73 Å². The fraction of sp³-hybridized carbons (Fsp3) is 0.250. The number of nitrogens with zero attached hydrogens (tertiary/aromatic N) is 6. The predicted molar refractivity (Wildman–Crippen MR) is 68.9 cm³/mol. The average Bonchev–Trinajstić information content (AvgIpc) is 3.15. The van der Waals surface area contributed by atoms with Crippen LogP contribution in [0.3, 0.4) is 0 Å². The van der Waals surface area contributed by atoms with Crippen molar-refractivity contribution in [1.82, 2.24) is 29.3 Å². The summed E-state index contributed by atoms with van der Waals surface area (Å²) in [6.45, 7) is 0.635. The first kappa shape index (κ1) is 11.7. The predicted octanol–water partition coefficient (Wildman–Crippen LogP) is 0.675. The quantitative estimate of drug-likeness (QED) is 0.728. The van der Waals surface area contributed by atoms with Crippen LogP contribution in [0, 0.1) is 0 Å². The Hall–Kier alpha value is -2.41. The van der Waals surface area contributed by atoms with Crippen molar-refractivity contribution >= 4 is 0 Å². The van der Waals surface area contributed by atoms with Crippen molar-refractivity contribution in [2.45, 2.75) is 18.8 Å². The molecular formula is C12H15N7. The second kappa shape index (κ2) is 5.07. The normalized spacial score (nSPS) is 14.4. The van der Waals surface area contributed by atoms with Crippen molar-refractivity contribution < 1.29 is 0 Å². The minimum absolute atomic E-state index is 0.0604. The molecule has 0 fully saturated rings. The van der Waals surface area contributed by atoms with E-state index in [0.29, 0.717) is 6.54 Å². The fourth-order valence-corrected chi connectivity index (χ4v) is 2.06. The van der Waals surface area contributed by atoms with Gasteiger partial charge in [-0.2, -0.15) is 15.3 Å². The van der Waals surface area contributed by atoms with Gasteiger partial charge in [-0.1, -0.05) is 0 Å². The second-order valence-corrected chi connectivity index (χ2v) is 4.26. The Kier molecular flexibility index (Phi) is 3.11. The molecule has 98 valence electrons. The maximum atomic E-state index is 6.29. The zero-order chi connectivity index (χ0) is 13.1. The van der Waals surface area contributed by atoms with Gasteiger partial charge in [-0.05, 0) is 18.2 Å². The first-order chi connectivity index (χ1) is 9.34. The van der Waals surface area contributed by atoms with Crippen molar-refractivity contribution in [2.75, 3.05) is 0 Å². The van der Waals surface area contributed by atoms with Crippen LogP contribution in [0.4, 0.5) is 0 Å². The van der Waals surface area contributed by atoms with Crippen molar-refractivity contribution in [3.8, 4) is 0 Å². The van der Waals surface area contributed by atoms with E-state index < -0.39 is 0 Å². The third kappa shape index (κ3) is 2.41. The minimum Gasteiger partial charge on any atom is -0.308 e. The molecule has 2 unspecified atom stereocenters. The summed E-state index contributed by atoms with van der Waals surface area (Å²) in [4.78, 5) is 0. The monoisotopic (exact) mass is 257 g/mol. The molecule has 0 spiro atoms. The highest BCUT2D eigenvalue weighted by Crippen LogP contribution is 2.19. The van der Waals surface area contributed by atoms with Gasteiger partial charge in [-0.25, -0.2) is 0 Å². The summed E-state index contributed by atoms with van der Waals surface area (Å²) in [6.07, 6.45) is 10.6. The lowest BCUT2D eigenvalue weighted by Gasteiger charge is -2.24. The maximum absolute atomic E-state index is 6.29. The Labute approximate surface area is 110 Å². The van der Waals surface area contributed by atoms with Crippen LogP contribution in [-0.4, -0.2) is 29.3 Å². The molecule has 0 saturated carbocycles. The van der Waals surface area contributed by atoms with Crippen LogP contribution in [-0.2, 0) is 6.54 Å². The molecule has 2 N–H and O–H groups in total. The van der Waals surface area contributed by atoms with Gasteiger partial charge >= 0.3 is 0 Å². The lowest BCUT2D eigenvalue weighted by molar-refractivity contribution is 0.253. The van der Waals surface area contributed by atoms with E-state index in [1.807, 2.05) is 46.2 Å². The summed E-state index contributed by atoms with van der Waals surface area (Å²) in [5, 5.41) is 12.7. The fourth-order valence-electron chi connectivity index (χ4n) is 2.06. The topological polar surface area (TPSA) is 79.5 Å². The summed E-state index contributed by atoms with van der Waals surface area (Å²) in [5.41, 5.74) is 6.29. The molecule has 3 aromatic rings. The lowest BCUT2D eigenvalue weighted by Crippen LogP contribution is -2.33. The standard InChI is InChI=1S/C12H15N7/c13-12(19-9-3-6-16-19)11(18-8-2-5-15-18)10-17-7-1-4-14-17/h1-9,11-12H,10,13H2. The van der Waals surface area contributed by atoms with Crippen LogP contribution < -0.4 is 5.73 Å². The van der Waals surface area contributed by atoms with Crippen molar-refractivity contribution in [1.29, 1.82) is 0 Å². The molecule has 0 aliphatic heterocycles. The molecule has 2 atom stereocenters. The van der Waals surface area contributed by atoms with Gasteiger partial charge in [0.25, 0.3) is 0 Å². The van der Waals surface area contributed by atoms with Crippen molar-refractivity contribution in [3.63, 3.8) is 0 Å². The number of nitrogens with two attached hydrogens (primary N) is 1. The maximum Gasteiger partial charge on any atom is 0.123 e. The van der Waals surface area contributed by atoms with Gasteiger partial charge in [0.15, 0.2) is 0 Å². The highest BCUT2D eigenvalue weighted by Gasteiger charge is 2.22. The summed E-state index contributed by atoms with van der Waals surface area (Å²) in [5.74, 6) is 0. The van der Waals surface area contributed by atoms with Gasteiger partial charge < -0.3 is 5.73 Å². The first-order valence-corrected chi connectivity index (χ1v) is 6.06. The van der Waals surface area contributed by atoms with Crippen LogP contribution in [0.25, 0.3) is 0 Å². The Morgan fingerprint density at radius 3 is 2.05 bits per heavy atom. The highest BCUT2D eigenvalue weighted by molar-refractivity contribution is 4.88. The van der Waals surface area contributed by atoms with E-state index in [9.17, 15) is 0 Å². The SMILES string of the molecule is NC(C(Cn1cccn1)n1cccn1)n1cccn1. The highest BCUT2D eigenvalue weighted by atomic mass is 15.4. The smallest absolute Gasteiger partial charge is 0.123 e. The third-order valence-electron chi connectivity index (χ3n) is 3.02. The molecule has 7 nitrogen and oxygen atoms in total. The molecule has 19 heavy (non-hydrogen) atoms. The summed E-state index contributed by atoms with van der Waals surface area (Å²) < 4.78 is 5.42. The van der Waals surface area contributed by atoms with Crippen LogP contribution in [0.2, 0.25) is 0 Å². The number of rotatable bonds is 5. The first-order valence-electron chi connectivity index (χ1n) is 6.06. The van der Waals surface area contributed by atoms with Gasteiger partial charge in [0, 0.05) is 37.2 Å². The van der Waals surface area contributed by atoms with Gasteiger partial charge in [0.2, 0.25) is 0 Å². The van der Waals surface area contributed by atoms with Gasteiger partial charge in [-0.15, -0.1) is 0 Å². The zero-order valence-electron chi connectivity index (χ0n) is 10.3. The number of hydrogen-bond donors (Lipinski definition) is 1. The zero-order valence-corrected chi connectivity index (χ0v) is 10.3. The summed E-state index contributed by atoms with van der Waals surface area (Å²) in [7, 11) is 0. The molecule has 0 amide bonds. The van der Waals surface area contributed by atoms with Crippen molar-refractivity contribution in [2.24, 2.45) is 5.73 Å². The number of hydrogen-bond acceptors (Lipinski definition) is 4. The summed E-state index contributed by atoms with van der Waals surface area (Å²) >= 11 is 0. The van der Waals surface area contributed by atoms with Crippen LogP contribution in [0.5, 0.6) is 0 Å². The van der Waals surface area contributed by atoms with E-state index in [-0.39, 0.29) is 12.2 Å². The Bertz CT molecular complexity index is 582. The molecule has 0 bridgehead atoms. The molecule has 3 heterocycles. The van der Waals surface area contributed by atoms with Crippen LogP contribution in [0.1, 0.15) is 12.2 Å². The summed E-state index contributed by atoms with van der Waals surface area (Å²) in [6, 6.07) is 5.56. The molecule has 3 aromatic heterocycles. The Morgan fingerprint density at radius 2 is 1.47 bits per heavy atom. The molecule has 0 aliphatic rings. The molecule has 0 saturated heterocycles. The van der Waals surface area contributed by atoms with E-state index in [1.165, 1.54) is 0 Å². The van der Waals surface area contributed by atoms with Gasteiger partial charge in [-0.3, -0.25) is 14.0 Å².